The molecule has 0 bridgehead atoms. The maximum absolute atomic E-state index is 12.6. The summed E-state index contributed by atoms with van der Waals surface area (Å²) in [6.45, 7) is 1.94. The number of rotatable bonds is 6. The number of benzene rings is 2. The number of ether oxygens (including phenoxy) is 3. The number of carbonyl (C=O) groups excluding carboxylic acids is 2. The first-order valence-electron chi connectivity index (χ1n) is 10.6. The molecule has 3 amide bonds. The summed E-state index contributed by atoms with van der Waals surface area (Å²) in [5, 5.41) is 2.93. The number of likely N-dealkylation sites (tertiary alicyclic amines) is 1. The van der Waals surface area contributed by atoms with Gasteiger partial charge in [0.25, 0.3) is 0 Å². The van der Waals surface area contributed by atoms with E-state index in [1.165, 1.54) is 0 Å². The van der Waals surface area contributed by atoms with Crippen LogP contribution in [-0.2, 0) is 4.74 Å². The normalized spacial score (nSPS) is 18.9. The summed E-state index contributed by atoms with van der Waals surface area (Å²) in [6, 6.07) is 14.7. The highest BCUT2D eigenvalue weighted by molar-refractivity contribution is 9.10. The number of piperidine rings is 1. The van der Waals surface area contributed by atoms with E-state index in [0.29, 0.717) is 44.8 Å². The maximum atomic E-state index is 12.6. The van der Waals surface area contributed by atoms with Gasteiger partial charge in [-0.15, -0.1) is 0 Å². The first-order chi connectivity index (χ1) is 15.5. The number of nitrogens with zero attached hydrogens (tertiary/aromatic N) is 2. The Morgan fingerprint density at radius 2 is 1.81 bits per heavy atom. The van der Waals surface area contributed by atoms with Gasteiger partial charge in [0.05, 0.1) is 19.3 Å². The van der Waals surface area contributed by atoms with E-state index < -0.39 is 0 Å². The summed E-state index contributed by atoms with van der Waals surface area (Å²) in [6.07, 6.45) is 0.792. The highest BCUT2D eigenvalue weighted by Crippen LogP contribution is 2.25. The fraction of sp³-hybridized carbons (Fsp3) is 0.391. The topological polar surface area (TPSA) is 80.3 Å². The van der Waals surface area contributed by atoms with Crippen LogP contribution in [0.1, 0.15) is 12.8 Å². The summed E-state index contributed by atoms with van der Waals surface area (Å²) in [4.78, 5) is 28.5. The lowest BCUT2D eigenvalue weighted by Crippen LogP contribution is -2.48. The molecule has 2 fully saturated rings. The predicted octanol–water partition coefficient (Wildman–Crippen LogP) is 4.35. The van der Waals surface area contributed by atoms with Gasteiger partial charge in [0.2, 0.25) is 0 Å². The standard InChI is InChI=1S/C23H26BrN3O5/c1-30-17-6-8-18(9-7-17)31-15-19-14-27(23(29)32-19)16-10-12-26(13-11-16)22(28)25-21-5-3-2-4-20(21)24/h2-9,16,19H,10-15H2,1H3,(H,25,28). The second-order valence-corrected chi connectivity index (χ2v) is 8.63. The quantitative estimate of drug-likeness (QED) is 0.633. The van der Waals surface area contributed by atoms with Gasteiger partial charge in [-0.1, -0.05) is 12.1 Å². The van der Waals surface area contributed by atoms with E-state index in [4.69, 9.17) is 14.2 Å². The average Bonchev–Trinajstić information content (AvgIpc) is 3.20. The zero-order chi connectivity index (χ0) is 22.5. The van der Waals surface area contributed by atoms with Crippen molar-refractivity contribution in [2.75, 3.05) is 38.7 Å². The third kappa shape index (κ3) is 5.27. The number of halogens is 1. The minimum absolute atomic E-state index is 0.0565. The molecule has 2 heterocycles. The Kier molecular flexibility index (Phi) is 7.04. The number of urea groups is 1. The SMILES string of the molecule is COc1ccc(OCC2CN(C3CCN(C(=O)Nc4ccccc4Br)CC3)C(=O)O2)cc1. The summed E-state index contributed by atoms with van der Waals surface area (Å²) in [5.41, 5.74) is 0.738. The number of methoxy groups -OCH3 is 1. The monoisotopic (exact) mass is 503 g/mol. The Bertz CT molecular complexity index is 947. The number of nitrogens with one attached hydrogen (secondary N) is 1. The minimum Gasteiger partial charge on any atom is -0.497 e. The van der Waals surface area contributed by atoms with E-state index in [-0.39, 0.29) is 24.3 Å². The van der Waals surface area contributed by atoms with E-state index in [9.17, 15) is 9.59 Å². The van der Waals surface area contributed by atoms with E-state index in [0.717, 1.165) is 15.9 Å². The Morgan fingerprint density at radius 1 is 1.12 bits per heavy atom. The molecule has 0 aromatic heterocycles. The van der Waals surface area contributed by atoms with E-state index >= 15 is 0 Å². The molecule has 1 unspecified atom stereocenters. The molecule has 2 aliphatic rings. The van der Waals surface area contributed by atoms with Crippen LogP contribution in [0.4, 0.5) is 15.3 Å². The lowest BCUT2D eigenvalue weighted by atomic mass is 10.0. The van der Waals surface area contributed by atoms with Crippen LogP contribution in [0.2, 0.25) is 0 Å². The van der Waals surface area contributed by atoms with Crippen molar-refractivity contribution < 1.29 is 23.8 Å². The van der Waals surface area contributed by atoms with E-state index in [1.807, 2.05) is 48.5 Å². The number of carbonyl (C=O) groups is 2. The lowest BCUT2D eigenvalue weighted by molar-refractivity contribution is 0.0991. The smallest absolute Gasteiger partial charge is 0.410 e. The number of para-hydroxylation sites is 1. The third-order valence-electron chi connectivity index (χ3n) is 5.71. The Hall–Kier alpha value is -2.94. The van der Waals surface area contributed by atoms with Gasteiger partial charge >= 0.3 is 12.1 Å². The van der Waals surface area contributed by atoms with Gasteiger partial charge in [0.15, 0.2) is 6.10 Å². The molecule has 2 aliphatic heterocycles. The van der Waals surface area contributed by atoms with Crippen LogP contribution in [0.25, 0.3) is 0 Å². The zero-order valence-corrected chi connectivity index (χ0v) is 19.4. The molecule has 32 heavy (non-hydrogen) atoms. The molecule has 0 saturated carbocycles. The summed E-state index contributed by atoms with van der Waals surface area (Å²) in [5.74, 6) is 1.46. The molecule has 1 atom stereocenters. The molecule has 0 radical (unpaired) electrons. The van der Waals surface area contributed by atoms with E-state index in [2.05, 4.69) is 21.2 Å². The molecular weight excluding hydrogens is 478 g/mol. The van der Waals surface area contributed by atoms with Crippen LogP contribution in [-0.4, -0.2) is 67.4 Å². The molecule has 0 aliphatic carbocycles. The molecule has 4 rings (SSSR count). The van der Waals surface area contributed by atoms with Crippen LogP contribution in [0.3, 0.4) is 0 Å². The molecule has 8 nitrogen and oxygen atoms in total. The zero-order valence-electron chi connectivity index (χ0n) is 17.8. The summed E-state index contributed by atoms with van der Waals surface area (Å²) < 4.78 is 17.2. The Morgan fingerprint density at radius 3 is 2.50 bits per heavy atom. The Labute approximate surface area is 195 Å². The van der Waals surface area contributed by atoms with Crippen LogP contribution in [0, 0.1) is 0 Å². The van der Waals surface area contributed by atoms with Crippen molar-refractivity contribution in [2.45, 2.75) is 25.0 Å². The number of anilines is 1. The van der Waals surface area contributed by atoms with Gasteiger partial charge < -0.3 is 29.3 Å². The first kappa shape index (κ1) is 22.3. The minimum atomic E-state index is -0.318. The summed E-state index contributed by atoms with van der Waals surface area (Å²) in [7, 11) is 1.61. The van der Waals surface area contributed by atoms with Crippen molar-refractivity contribution in [2.24, 2.45) is 0 Å². The van der Waals surface area contributed by atoms with Crippen molar-refractivity contribution in [3.05, 3.63) is 53.0 Å². The van der Waals surface area contributed by atoms with Crippen molar-refractivity contribution in [1.82, 2.24) is 9.80 Å². The van der Waals surface area contributed by atoms with Crippen LogP contribution >= 0.6 is 15.9 Å². The molecule has 2 saturated heterocycles. The number of amides is 3. The number of cyclic esters (lactones) is 1. The fourth-order valence-electron chi connectivity index (χ4n) is 3.92. The third-order valence-corrected chi connectivity index (χ3v) is 6.40. The fourth-order valence-corrected chi connectivity index (χ4v) is 4.31. The second kappa shape index (κ2) is 10.1. The van der Waals surface area contributed by atoms with Gasteiger partial charge in [-0.25, -0.2) is 9.59 Å². The molecule has 9 heteroatoms. The first-order valence-corrected chi connectivity index (χ1v) is 11.4. The number of hydrogen-bond donors (Lipinski definition) is 1. The Balaban J connectivity index is 1.24. The van der Waals surface area contributed by atoms with Crippen molar-refractivity contribution in [3.8, 4) is 11.5 Å². The second-order valence-electron chi connectivity index (χ2n) is 7.77. The van der Waals surface area contributed by atoms with E-state index in [1.54, 1.807) is 16.9 Å². The largest absolute Gasteiger partial charge is 0.497 e. The van der Waals surface area contributed by atoms with Crippen LogP contribution in [0.15, 0.2) is 53.0 Å². The molecular formula is C23H26BrN3O5. The van der Waals surface area contributed by atoms with Gasteiger partial charge in [0.1, 0.15) is 18.1 Å². The van der Waals surface area contributed by atoms with Gasteiger partial charge in [-0.3, -0.25) is 0 Å². The van der Waals surface area contributed by atoms with Gasteiger partial charge in [-0.05, 0) is 65.2 Å². The van der Waals surface area contributed by atoms with Crippen molar-refractivity contribution >= 4 is 33.7 Å². The van der Waals surface area contributed by atoms with Crippen LogP contribution < -0.4 is 14.8 Å². The molecule has 170 valence electrons. The number of hydrogen-bond acceptors (Lipinski definition) is 5. The highest BCUT2D eigenvalue weighted by Gasteiger charge is 2.38. The molecule has 2 aromatic carbocycles. The molecule has 1 N–H and O–H groups in total. The van der Waals surface area contributed by atoms with Crippen molar-refractivity contribution in [3.63, 3.8) is 0 Å². The lowest BCUT2D eigenvalue weighted by Gasteiger charge is -2.35. The van der Waals surface area contributed by atoms with Gasteiger partial charge in [-0.2, -0.15) is 0 Å². The molecule has 0 spiro atoms. The maximum Gasteiger partial charge on any atom is 0.410 e. The predicted molar refractivity (Wildman–Crippen MR) is 123 cm³/mol. The van der Waals surface area contributed by atoms with Crippen molar-refractivity contribution in [1.29, 1.82) is 0 Å². The van der Waals surface area contributed by atoms with Crippen LogP contribution in [0.5, 0.6) is 11.5 Å². The summed E-state index contributed by atoms with van der Waals surface area (Å²) >= 11 is 3.44. The average molecular weight is 504 g/mol. The highest BCUT2D eigenvalue weighted by atomic mass is 79.9. The van der Waals surface area contributed by atoms with Gasteiger partial charge in [0, 0.05) is 23.6 Å². The molecule has 2 aromatic rings.